The summed E-state index contributed by atoms with van der Waals surface area (Å²) in [6.07, 6.45) is 1.06. The molecule has 1 atom stereocenters. The number of rotatable bonds is 9. The van der Waals surface area contributed by atoms with E-state index in [2.05, 4.69) is 54.2 Å². The zero-order valence-electron chi connectivity index (χ0n) is 12.2. The fourth-order valence-corrected chi connectivity index (χ4v) is 3.57. The van der Waals surface area contributed by atoms with Crippen LogP contribution in [0.4, 0.5) is 0 Å². The summed E-state index contributed by atoms with van der Waals surface area (Å²) in [5.41, 5.74) is 0. The van der Waals surface area contributed by atoms with Crippen LogP contribution in [0.3, 0.4) is 0 Å². The molecule has 0 saturated carbocycles. The molecule has 20 heavy (non-hydrogen) atoms. The van der Waals surface area contributed by atoms with Gasteiger partial charge in [0.2, 0.25) is 0 Å². The van der Waals surface area contributed by atoms with Crippen molar-refractivity contribution in [2.75, 3.05) is 19.8 Å². The lowest BCUT2D eigenvalue weighted by Gasteiger charge is -2.17. The number of hydrogen-bond acceptors (Lipinski definition) is 4. The maximum absolute atomic E-state index is 5.64. The minimum absolute atomic E-state index is 0.399. The highest BCUT2D eigenvalue weighted by Crippen LogP contribution is 2.24. The molecule has 0 aromatic carbocycles. The van der Waals surface area contributed by atoms with Gasteiger partial charge in [-0.15, -0.1) is 22.7 Å². The third-order valence-electron chi connectivity index (χ3n) is 2.96. The molecule has 0 bridgehead atoms. The highest BCUT2D eigenvalue weighted by atomic mass is 32.1. The molecule has 0 aliphatic rings. The first-order valence-electron chi connectivity index (χ1n) is 7.12. The van der Waals surface area contributed by atoms with Crippen LogP contribution < -0.4 is 5.32 Å². The Kier molecular flexibility index (Phi) is 6.73. The quantitative estimate of drug-likeness (QED) is 0.695. The van der Waals surface area contributed by atoms with Crippen LogP contribution in [-0.2, 0) is 11.2 Å². The van der Waals surface area contributed by atoms with Crippen molar-refractivity contribution in [1.82, 2.24) is 5.32 Å². The highest BCUT2D eigenvalue weighted by Gasteiger charge is 2.13. The van der Waals surface area contributed by atoms with Crippen LogP contribution in [0, 0.1) is 5.92 Å². The van der Waals surface area contributed by atoms with E-state index in [0.717, 1.165) is 26.2 Å². The van der Waals surface area contributed by atoms with E-state index in [1.54, 1.807) is 0 Å². The average Bonchev–Trinajstić information content (AvgIpc) is 3.09. The Bertz CT molecular complexity index is 451. The van der Waals surface area contributed by atoms with Gasteiger partial charge in [0.25, 0.3) is 0 Å². The summed E-state index contributed by atoms with van der Waals surface area (Å²) >= 11 is 3.65. The molecule has 2 aromatic heterocycles. The minimum atomic E-state index is 0.399. The lowest BCUT2D eigenvalue weighted by Crippen LogP contribution is -2.26. The molecule has 0 aliphatic carbocycles. The van der Waals surface area contributed by atoms with Crippen molar-refractivity contribution < 1.29 is 4.74 Å². The molecule has 0 saturated heterocycles. The Morgan fingerprint density at radius 1 is 1.15 bits per heavy atom. The second kappa shape index (κ2) is 8.57. The molecule has 1 unspecified atom stereocenters. The van der Waals surface area contributed by atoms with E-state index in [1.165, 1.54) is 9.75 Å². The van der Waals surface area contributed by atoms with E-state index in [0.29, 0.717) is 12.0 Å². The molecule has 1 N–H and O–H groups in total. The number of ether oxygens (including phenoxy) is 1. The summed E-state index contributed by atoms with van der Waals surface area (Å²) in [5, 5.41) is 7.92. The van der Waals surface area contributed by atoms with Crippen LogP contribution >= 0.6 is 22.7 Å². The zero-order chi connectivity index (χ0) is 14.2. The van der Waals surface area contributed by atoms with Gasteiger partial charge in [-0.1, -0.05) is 26.0 Å². The maximum Gasteiger partial charge on any atom is 0.0591 e. The van der Waals surface area contributed by atoms with Crippen LogP contribution in [0.1, 0.15) is 29.6 Å². The van der Waals surface area contributed by atoms with Crippen LogP contribution in [0.25, 0.3) is 0 Å². The van der Waals surface area contributed by atoms with Gasteiger partial charge < -0.3 is 10.1 Å². The number of hydrogen-bond donors (Lipinski definition) is 1. The molecule has 2 nitrogen and oxygen atoms in total. The predicted octanol–water partition coefficient (Wildman–Crippen LogP) is 4.36. The summed E-state index contributed by atoms with van der Waals surface area (Å²) in [5.74, 6) is 0.606. The first kappa shape index (κ1) is 15.7. The van der Waals surface area contributed by atoms with Gasteiger partial charge in [-0.3, -0.25) is 0 Å². The standard InChI is InChI=1S/C16H23NOS2/c1-13(2)12-18-8-7-17-15(16-6-4-10-20-16)11-14-5-3-9-19-14/h3-6,9-10,13,15,17H,7-8,11-12H2,1-2H3. The van der Waals surface area contributed by atoms with Crippen molar-refractivity contribution >= 4 is 22.7 Å². The average molecular weight is 310 g/mol. The van der Waals surface area contributed by atoms with Gasteiger partial charge in [-0.2, -0.15) is 0 Å². The largest absolute Gasteiger partial charge is 0.380 e. The number of thiophene rings is 2. The van der Waals surface area contributed by atoms with Crippen molar-refractivity contribution in [1.29, 1.82) is 0 Å². The Morgan fingerprint density at radius 3 is 2.60 bits per heavy atom. The van der Waals surface area contributed by atoms with Gasteiger partial charge in [-0.25, -0.2) is 0 Å². The van der Waals surface area contributed by atoms with Crippen LogP contribution in [-0.4, -0.2) is 19.8 Å². The second-order valence-electron chi connectivity index (χ2n) is 5.27. The first-order valence-corrected chi connectivity index (χ1v) is 8.88. The lowest BCUT2D eigenvalue weighted by atomic mass is 10.1. The van der Waals surface area contributed by atoms with Crippen LogP contribution in [0.5, 0.6) is 0 Å². The van der Waals surface area contributed by atoms with E-state index >= 15 is 0 Å². The lowest BCUT2D eigenvalue weighted by molar-refractivity contribution is 0.110. The summed E-state index contributed by atoms with van der Waals surface area (Å²) in [4.78, 5) is 2.83. The molecule has 0 amide bonds. The van der Waals surface area contributed by atoms with Crippen molar-refractivity contribution in [3.63, 3.8) is 0 Å². The number of nitrogens with one attached hydrogen (secondary N) is 1. The fraction of sp³-hybridized carbons (Fsp3) is 0.500. The Hall–Kier alpha value is -0.680. The molecule has 4 heteroatoms. The van der Waals surface area contributed by atoms with Gasteiger partial charge in [0.15, 0.2) is 0 Å². The zero-order valence-corrected chi connectivity index (χ0v) is 13.8. The first-order chi connectivity index (χ1) is 9.75. The predicted molar refractivity (Wildman–Crippen MR) is 88.7 cm³/mol. The summed E-state index contributed by atoms with van der Waals surface area (Å²) in [6, 6.07) is 9.07. The van der Waals surface area contributed by atoms with E-state index in [-0.39, 0.29) is 0 Å². The molecule has 0 aliphatic heterocycles. The monoisotopic (exact) mass is 309 g/mol. The second-order valence-corrected chi connectivity index (χ2v) is 7.29. The maximum atomic E-state index is 5.64. The Balaban J connectivity index is 1.81. The topological polar surface area (TPSA) is 21.3 Å². The van der Waals surface area contributed by atoms with Crippen LogP contribution in [0.2, 0.25) is 0 Å². The van der Waals surface area contributed by atoms with Gasteiger partial charge >= 0.3 is 0 Å². The molecule has 0 radical (unpaired) electrons. The summed E-state index contributed by atoms with van der Waals surface area (Å²) in [6.45, 7) is 6.89. The molecule has 0 fully saturated rings. The van der Waals surface area contributed by atoms with E-state index < -0.39 is 0 Å². The van der Waals surface area contributed by atoms with Gasteiger partial charge in [-0.05, 0) is 28.8 Å². The third-order valence-corrected chi connectivity index (χ3v) is 4.85. The van der Waals surface area contributed by atoms with Crippen molar-refractivity contribution in [3.8, 4) is 0 Å². The smallest absolute Gasteiger partial charge is 0.0591 e. The molecular formula is C16H23NOS2. The van der Waals surface area contributed by atoms with Gasteiger partial charge in [0.1, 0.15) is 0 Å². The van der Waals surface area contributed by atoms with Gasteiger partial charge in [0, 0.05) is 35.4 Å². The Morgan fingerprint density at radius 2 is 1.95 bits per heavy atom. The van der Waals surface area contributed by atoms with E-state index in [4.69, 9.17) is 4.74 Å². The molecule has 2 aromatic rings. The molecular weight excluding hydrogens is 286 g/mol. The van der Waals surface area contributed by atoms with E-state index in [1.807, 2.05) is 22.7 Å². The summed E-state index contributed by atoms with van der Waals surface area (Å²) < 4.78 is 5.64. The fourth-order valence-electron chi connectivity index (χ4n) is 2.02. The third kappa shape index (κ3) is 5.37. The highest BCUT2D eigenvalue weighted by molar-refractivity contribution is 7.10. The van der Waals surface area contributed by atoms with Crippen molar-refractivity contribution in [2.45, 2.75) is 26.3 Å². The normalized spacial score (nSPS) is 12.9. The minimum Gasteiger partial charge on any atom is -0.380 e. The van der Waals surface area contributed by atoms with Gasteiger partial charge in [0.05, 0.1) is 6.61 Å². The molecule has 110 valence electrons. The SMILES string of the molecule is CC(C)COCCNC(Cc1cccs1)c1cccs1. The van der Waals surface area contributed by atoms with Crippen LogP contribution in [0.15, 0.2) is 35.0 Å². The van der Waals surface area contributed by atoms with E-state index in [9.17, 15) is 0 Å². The Labute approximate surface area is 129 Å². The molecule has 2 heterocycles. The molecule has 2 rings (SSSR count). The molecule has 0 spiro atoms. The summed E-state index contributed by atoms with van der Waals surface area (Å²) in [7, 11) is 0. The van der Waals surface area contributed by atoms with Crippen molar-refractivity contribution in [2.24, 2.45) is 5.92 Å². The van der Waals surface area contributed by atoms with Crippen molar-refractivity contribution in [3.05, 3.63) is 44.8 Å².